The molecular weight excluding hydrogens is 427 g/mol. The third-order valence-corrected chi connectivity index (χ3v) is 6.80. The van der Waals surface area contributed by atoms with Gasteiger partial charge in [0.25, 0.3) is 11.6 Å². The molecule has 2 aromatic carbocycles. The van der Waals surface area contributed by atoms with Crippen molar-refractivity contribution in [3.8, 4) is 0 Å². The molecule has 0 aliphatic carbocycles. The van der Waals surface area contributed by atoms with E-state index in [2.05, 4.69) is 0 Å². The van der Waals surface area contributed by atoms with Crippen LogP contribution < -0.4 is 0 Å². The van der Waals surface area contributed by atoms with Crippen LogP contribution in [0.15, 0.2) is 35.2 Å². The number of piperazine rings is 1. The molecule has 0 unspecified atom stereocenters. The summed E-state index contributed by atoms with van der Waals surface area (Å²) in [5, 5.41) is 11.0. The minimum atomic E-state index is -4.06. The van der Waals surface area contributed by atoms with Gasteiger partial charge in [0.1, 0.15) is 0 Å². The van der Waals surface area contributed by atoms with Crippen LogP contribution in [-0.2, 0) is 10.0 Å². The number of nitrogens with zero attached hydrogens (tertiary/aromatic N) is 3. The van der Waals surface area contributed by atoms with Crippen molar-refractivity contribution in [1.82, 2.24) is 9.21 Å². The van der Waals surface area contributed by atoms with Crippen molar-refractivity contribution < 1.29 is 31.3 Å². The van der Waals surface area contributed by atoms with Crippen molar-refractivity contribution >= 4 is 21.6 Å². The van der Waals surface area contributed by atoms with E-state index in [-0.39, 0.29) is 36.8 Å². The van der Waals surface area contributed by atoms with Gasteiger partial charge in [0.15, 0.2) is 17.5 Å². The zero-order valence-electron chi connectivity index (χ0n) is 15.6. The molecule has 1 heterocycles. The first-order valence-electron chi connectivity index (χ1n) is 8.71. The van der Waals surface area contributed by atoms with Crippen molar-refractivity contribution in [2.24, 2.45) is 0 Å². The van der Waals surface area contributed by atoms with E-state index in [0.29, 0.717) is 17.7 Å². The number of aryl methyl sites for hydroxylation is 1. The Morgan fingerprint density at radius 3 is 2.13 bits per heavy atom. The SMILES string of the molecule is Cc1ccc([N+](=O)[O-])cc1S(=O)(=O)N1CCN(C(=O)c2cc(F)c(F)c(F)c2)CC1. The maximum atomic E-state index is 13.4. The Morgan fingerprint density at radius 1 is 1.03 bits per heavy atom. The second kappa shape index (κ2) is 8.03. The fourth-order valence-corrected chi connectivity index (χ4v) is 4.78. The van der Waals surface area contributed by atoms with Gasteiger partial charge in [-0.25, -0.2) is 21.6 Å². The molecule has 12 heteroatoms. The number of carbonyl (C=O) groups excluding carboxylic acids is 1. The fraction of sp³-hybridized carbons (Fsp3) is 0.278. The molecule has 1 aliphatic rings. The average molecular weight is 443 g/mol. The lowest BCUT2D eigenvalue weighted by molar-refractivity contribution is -0.385. The Bertz CT molecular complexity index is 1110. The van der Waals surface area contributed by atoms with E-state index >= 15 is 0 Å². The van der Waals surface area contributed by atoms with Crippen molar-refractivity contribution in [2.45, 2.75) is 11.8 Å². The van der Waals surface area contributed by atoms with E-state index in [1.165, 1.54) is 24.0 Å². The van der Waals surface area contributed by atoms with Gasteiger partial charge in [-0.15, -0.1) is 0 Å². The normalized spacial score (nSPS) is 15.3. The van der Waals surface area contributed by atoms with E-state index in [0.717, 1.165) is 10.4 Å². The predicted octanol–water partition coefficient (Wildman–Crippen LogP) is 2.47. The number of benzene rings is 2. The molecule has 0 atom stereocenters. The highest BCUT2D eigenvalue weighted by Gasteiger charge is 2.32. The van der Waals surface area contributed by atoms with Crippen molar-refractivity contribution in [1.29, 1.82) is 0 Å². The minimum absolute atomic E-state index is 0.0767. The van der Waals surface area contributed by atoms with E-state index in [9.17, 15) is 36.5 Å². The van der Waals surface area contributed by atoms with Gasteiger partial charge >= 0.3 is 0 Å². The zero-order chi connectivity index (χ0) is 22.2. The molecule has 1 amide bonds. The topological polar surface area (TPSA) is 101 Å². The molecule has 0 spiro atoms. The molecule has 1 saturated heterocycles. The summed E-state index contributed by atoms with van der Waals surface area (Å²) in [5.41, 5.74) is -0.429. The van der Waals surface area contributed by atoms with Crippen LogP contribution in [-0.4, -0.2) is 54.6 Å². The minimum Gasteiger partial charge on any atom is -0.336 e. The summed E-state index contributed by atoms with van der Waals surface area (Å²) in [6.07, 6.45) is 0. The van der Waals surface area contributed by atoms with Crippen molar-refractivity contribution in [2.75, 3.05) is 26.2 Å². The number of sulfonamides is 1. The maximum Gasteiger partial charge on any atom is 0.270 e. The lowest BCUT2D eigenvalue weighted by Crippen LogP contribution is -2.50. The maximum absolute atomic E-state index is 13.4. The molecule has 0 radical (unpaired) electrons. The van der Waals surface area contributed by atoms with Gasteiger partial charge in [0.05, 0.1) is 9.82 Å². The lowest BCUT2D eigenvalue weighted by Gasteiger charge is -2.34. The first-order valence-corrected chi connectivity index (χ1v) is 10.2. The van der Waals surface area contributed by atoms with Crippen LogP contribution >= 0.6 is 0 Å². The molecule has 8 nitrogen and oxygen atoms in total. The van der Waals surface area contributed by atoms with Crippen LogP contribution in [0.25, 0.3) is 0 Å². The molecule has 0 bridgehead atoms. The van der Waals surface area contributed by atoms with Crippen LogP contribution in [0.2, 0.25) is 0 Å². The van der Waals surface area contributed by atoms with Gasteiger partial charge in [-0.2, -0.15) is 4.31 Å². The van der Waals surface area contributed by atoms with Gasteiger partial charge in [-0.3, -0.25) is 14.9 Å². The van der Waals surface area contributed by atoms with Crippen LogP contribution in [0.1, 0.15) is 15.9 Å². The lowest BCUT2D eigenvalue weighted by atomic mass is 10.1. The van der Waals surface area contributed by atoms with E-state index in [1.54, 1.807) is 0 Å². The van der Waals surface area contributed by atoms with Crippen LogP contribution in [0.4, 0.5) is 18.9 Å². The molecule has 2 aromatic rings. The zero-order valence-corrected chi connectivity index (χ0v) is 16.5. The predicted molar refractivity (Wildman–Crippen MR) is 98.8 cm³/mol. The van der Waals surface area contributed by atoms with Crippen LogP contribution in [0.5, 0.6) is 0 Å². The number of rotatable bonds is 4. The number of hydrogen-bond donors (Lipinski definition) is 0. The summed E-state index contributed by atoms with van der Waals surface area (Å²) in [5.74, 6) is -5.45. The van der Waals surface area contributed by atoms with Gasteiger partial charge in [-0.05, 0) is 24.6 Å². The molecule has 0 N–H and O–H groups in total. The molecule has 0 aromatic heterocycles. The van der Waals surface area contributed by atoms with Gasteiger partial charge in [-0.1, -0.05) is 6.07 Å². The summed E-state index contributed by atoms with van der Waals surface area (Å²) in [4.78, 5) is 23.7. The molecule has 1 aliphatic heterocycles. The van der Waals surface area contributed by atoms with Crippen LogP contribution in [0.3, 0.4) is 0 Å². The number of amides is 1. The van der Waals surface area contributed by atoms with E-state index < -0.39 is 43.9 Å². The first kappa shape index (κ1) is 21.7. The number of hydrogen-bond acceptors (Lipinski definition) is 5. The number of nitro groups is 1. The Balaban J connectivity index is 1.77. The van der Waals surface area contributed by atoms with Gasteiger partial charge < -0.3 is 4.90 Å². The van der Waals surface area contributed by atoms with E-state index in [4.69, 9.17) is 0 Å². The van der Waals surface area contributed by atoms with Crippen LogP contribution in [0, 0.1) is 34.5 Å². The quantitative estimate of drug-likeness (QED) is 0.411. The van der Waals surface area contributed by atoms with E-state index in [1.807, 2.05) is 0 Å². The number of non-ortho nitro benzene ring substituents is 1. The molecule has 3 rings (SSSR count). The Kier molecular flexibility index (Phi) is 5.81. The molecular formula is C18H16F3N3O5S. The Morgan fingerprint density at radius 2 is 1.60 bits per heavy atom. The largest absolute Gasteiger partial charge is 0.336 e. The monoisotopic (exact) mass is 443 g/mol. The van der Waals surface area contributed by atoms with Crippen molar-refractivity contribution in [3.05, 3.63) is 69.0 Å². The van der Waals surface area contributed by atoms with Gasteiger partial charge in [0, 0.05) is 43.9 Å². The summed E-state index contributed by atoms with van der Waals surface area (Å²) < 4.78 is 66.7. The third-order valence-electron chi connectivity index (χ3n) is 4.76. The smallest absolute Gasteiger partial charge is 0.270 e. The standard InChI is InChI=1S/C18H16F3N3O5S/c1-11-2-3-13(24(26)27)10-16(11)30(28,29)23-6-4-22(5-7-23)18(25)12-8-14(19)17(21)15(20)9-12/h2-3,8-10H,4-7H2,1H3. The third kappa shape index (κ3) is 4.00. The molecule has 160 valence electrons. The molecule has 1 fully saturated rings. The summed E-state index contributed by atoms with van der Waals surface area (Å²) in [6, 6.07) is 4.67. The second-order valence-corrected chi connectivity index (χ2v) is 8.56. The molecule has 30 heavy (non-hydrogen) atoms. The Hall–Kier alpha value is -2.99. The highest BCUT2D eigenvalue weighted by Crippen LogP contribution is 2.26. The first-order chi connectivity index (χ1) is 14.0. The molecule has 0 saturated carbocycles. The number of halogens is 3. The Labute approximate surface area is 169 Å². The summed E-state index contributed by atoms with van der Waals surface area (Å²) in [6.45, 7) is 1.11. The fourth-order valence-electron chi connectivity index (χ4n) is 3.11. The highest BCUT2D eigenvalue weighted by atomic mass is 32.2. The summed E-state index contributed by atoms with van der Waals surface area (Å²) >= 11 is 0. The number of nitro benzene ring substituents is 1. The summed E-state index contributed by atoms with van der Waals surface area (Å²) in [7, 11) is -4.06. The van der Waals surface area contributed by atoms with Crippen molar-refractivity contribution in [3.63, 3.8) is 0 Å². The van der Waals surface area contributed by atoms with Gasteiger partial charge in [0.2, 0.25) is 10.0 Å². The number of carbonyl (C=O) groups is 1. The second-order valence-electron chi connectivity index (χ2n) is 6.66. The highest BCUT2D eigenvalue weighted by molar-refractivity contribution is 7.89. The average Bonchev–Trinajstić information content (AvgIpc) is 2.71.